The molecule has 2 atom stereocenters. The Hall–Kier alpha value is -2.59. The van der Waals surface area contributed by atoms with Crippen LogP contribution in [0.5, 0.6) is 0 Å². The lowest BCUT2D eigenvalue weighted by molar-refractivity contribution is 0.655. The Labute approximate surface area is 156 Å². The fourth-order valence-electron chi connectivity index (χ4n) is 3.18. The zero-order valence-corrected chi connectivity index (χ0v) is 16.0. The molecular formula is C22H28N4. The van der Waals surface area contributed by atoms with Gasteiger partial charge in [-0.1, -0.05) is 48.9 Å². The molecule has 0 saturated carbocycles. The van der Waals surface area contributed by atoms with E-state index in [1.165, 1.54) is 5.56 Å². The van der Waals surface area contributed by atoms with Crippen LogP contribution in [0.2, 0.25) is 0 Å². The van der Waals surface area contributed by atoms with Crippen molar-refractivity contribution in [2.75, 3.05) is 11.9 Å². The normalized spacial score (nSPS) is 17.8. The molecule has 1 aliphatic rings. The van der Waals surface area contributed by atoms with Crippen LogP contribution in [0.1, 0.15) is 43.6 Å². The first-order chi connectivity index (χ1) is 12.6. The average Bonchev–Trinajstić information content (AvgIpc) is 2.62. The molecule has 0 fully saturated rings. The van der Waals surface area contributed by atoms with Crippen LogP contribution in [0.25, 0.3) is 0 Å². The highest BCUT2D eigenvalue weighted by Crippen LogP contribution is 2.29. The number of fused-ring (bicyclic) bond motifs is 1. The van der Waals surface area contributed by atoms with Gasteiger partial charge in [0.1, 0.15) is 12.0 Å². The van der Waals surface area contributed by atoms with E-state index in [1.54, 1.807) is 0 Å². The van der Waals surface area contributed by atoms with Gasteiger partial charge in [0.25, 0.3) is 0 Å². The average molecular weight is 348 g/mol. The minimum Gasteiger partial charge on any atom is -0.359 e. The monoisotopic (exact) mass is 348 g/mol. The number of aryl methyl sites for hydroxylation is 1. The summed E-state index contributed by atoms with van der Waals surface area (Å²) < 4.78 is 0. The van der Waals surface area contributed by atoms with Crippen LogP contribution in [0.3, 0.4) is 0 Å². The lowest BCUT2D eigenvalue weighted by atomic mass is 10.1. The molecule has 1 aliphatic heterocycles. The zero-order chi connectivity index (χ0) is 18.5. The van der Waals surface area contributed by atoms with Gasteiger partial charge in [-0.05, 0) is 51.1 Å². The topological polar surface area (TPSA) is 48.5 Å². The molecule has 136 valence electrons. The predicted octanol–water partition coefficient (Wildman–Crippen LogP) is 4.36. The summed E-state index contributed by atoms with van der Waals surface area (Å²) in [5, 5.41) is 10.4. The van der Waals surface area contributed by atoms with Crippen molar-refractivity contribution in [3.63, 3.8) is 0 Å². The largest absolute Gasteiger partial charge is 0.359 e. The number of rotatable bonds is 5. The SMILES string of the molecule is CCNC(C)/C=C(\C)NC1=NC(c2ccc(C)cc2)Nc2ccccc21. The van der Waals surface area contributed by atoms with Crippen molar-refractivity contribution in [2.45, 2.75) is 39.9 Å². The summed E-state index contributed by atoms with van der Waals surface area (Å²) in [6.45, 7) is 9.41. The Morgan fingerprint density at radius 1 is 1.19 bits per heavy atom. The second-order valence-corrected chi connectivity index (χ2v) is 6.80. The third-order valence-electron chi connectivity index (χ3n) is 4.47. The summed E-state index contributed by atoms with van der Waals surface area (Å²) in [5.41, 5.74) is 5.70. The Morgan fingerprint density at radius 2 is 1.92 bits per heavy atom. The molecule has 3 rings (SSSR count). The van der Waals surface area contributed by atoms with Gasteiger partial charge >= 0.3 is 0 Å². The minimum atomic E-state index is -0.0907. The van der Waals surface area contributed by atoms with Crippen LogP contribution in [0.15, 0.2) is 65.3 Å². The fraction of sp³-hybridized carbons (Fsp3) is 0.318. The number of nitrogens with zero attached hydrogens (tertiary/aromatic N) is 1. The van der Waals surface area contributed by atoms with Crippen LogP contribution < -0.4 is 16.0 Å². The summed E-state index contributed by atoms with van der Waals surface area (Å²) in [6.07, 6.45) is 2.10. The first-order valence-corrected chi connectivity index (χ1v) is 9.26. The van der Waals surface area contributed by atoms with Crippen molar-refractivity contribution in [1.29, 1.82) is 0 Å². The molecule has 0 bridgehead atoms. The van der Waals surface area contributed by atoms with E-state index in [4.69, 9.17) is 4.99 Å². The summed E-state index contributed by atoms with van der Waals surface area (Å²) >= 11 is 0. The summed E-state index contributed by atoms with van der Waals surface area (Å²) in [4.78, 5) is 4.95. The smallest absolute Gasteiger partial charge is 0.147 e. The number of benzene rings is 2. The van der Waals surface area contributed by atoms with Gasteiger partial charge in [0.15, 0.2) is 0 Å². The van der Waals surface area contributed by atoms with Gasteiger partial charge in [-0.15, -0.1) is 0 Å². The molecule has 0 saturated heterocycles. The molecular weight excluding hydrogens is 320 g/mol. The van der Waals surface area contributed by atoms with Gasteiger partial charge in [-0.3, -0.25) is 0 Å². The fourth-order valence-corrected chi connectivity index (χ4v) is 3.18. The van der Waals surface area contributed by atoms with Gasteiger partial charge < -0.3 is 16.0 Å². The molecule has 0 radical (unpaired) electrons. The predicted molar refractivity (Wildman–Crippen MR) is 111 cm³/mol. The lowest BCUT2D eigenvalue weighted by Gasteiger charge is -2.27. The molecule has 2 aromatic carbocycles. The number of likely N-dealkylation sites (N-methyl/N-ethyl adjacent to an activating group) is 1. The minimum absolute atomic E-state index is 0.0907. The molecule has 26 heavy (non-hydrogen) atoms. The number of hydrogen-bond acceptors (Lipinski definition) is 4. The molecule has 4 heteroatoms. The number of hydrogen-bond donors (Lipinski definition) is 3. The maximum atomic E-state index is 4.95. The molecule has 0 spiro atoms. The Morgan fingerprint density at radius 3 is 2.65 bits per heavy atom. The molecule has 0 aliphatic carbocycles. The van der Waals surface area contributed by atoms with Crippen LogP contribution in [0.4, 0.5) is 5.69 Å². The summed E-state index contributed by atoms with van der Waals surface area (Å²) in [7, 11) is 0. The molecule has 2 aromatic rings. The van der Waals surface area contributed by atoms with E-state index in [2.05, 4.69) is 92.2 Å². The van der Waals surface area contributed by atoms with Gasteiger partial charge in [0, 0.05) is 23.0 Å². The summed E-state index contributed by atoms with van der Waals surface area (Å²) in [6, 6.07) is 17.1. The Bertz CT molecular complexity index is 805. The number of allylic oxidation sites excluding steroid dienone is 1. The highest BCUT2D eigenvalue weighted by atomic mass is 15.2. The van der Waals surface area contributed by atoms with Crippen molar-refractivity contribution in [3.8, 4) is 0 Å². The third-order valence-corrected chi connectivity index (χ3v) is 4.47. The zero-order valence-electron chi connectivity index (χ0n) is 16.0. The van der Waals surface area contributed by atoms with Crippen LogP contribution in [-0.4, -0.2) is 18.4 Å². The highest BCUT2D eigenvalue weighted by molar-refractivity contribution is 6.05. The van der Waals surface area contributed by atoms with Crippen LogP contribution in [-0.2, 0) is 0 Å². The van der Waals surface area contributed by atoms with E-state index in [1.807, 2.05) is 6.07 Å². The molecule has 2 unspecified atom stereocenters. The first kappa shape index (κ1) is 18.2. The second kappa shape index (κ2) is 8.19. The van der Waals surface area contributed by atoms with Crippen molar-refractivity contribution < 1.29 is 0 Å². The number of para-hydroxylation sites is 1. The highest BCUT2D eigenvalue weighted by Gasteiger charge is 2.21. The quantitative estimate of drug-likeness (QED) is 0.752. The standard InChI is InChI=1S/C22H28N4/c1-5-23-16(3)14-17(4)24-22-19-8-6-7-9-20(19)25-21(26-22)18-12-10-15(2)11-13-18/h6-14,16,21,23,25H,5H2,1-4H3,(H,24,26)/b17-14+. The van der Waals surface area contributed by atoms with Gasteiger partial charge in [0.2, 0.25) is 0 Å². The van der Waals surface area contributed by atoms with Gasteiger partial charge in [-0.25, -0.2) is 4.99 Å². The molecule has 0 aromatic heterocycles. The molecule has 4 nitrogen and oxygen atoms in total. The molecule has 1 heterocycles. The first-order valence-electron chi connectivity index (χ1n) is 9.26. The van der Waals surface area contributed by atoms with Gasteiger partial charge in [0.05, 0.1) is 0 Å². The van der Waals surface area contributed by atoms with Gasteiger partial charge in [-0.2, -0.15) is 0 Å². The Balaban J connectivity index is 1.90. The maximum Gasteiger partial charge on any atom is 0.147 e. The van der Waals surface area contributed by atoms with E-state index in [9.17, 15) is 0 Å². The van der Waals surface area contributed by atoms with E-state index in [0.717, 1.165) is 34.9 Å². The number of amidine groups is 1. The second-order valence-electron chi connectivity index (χ2n) is 6.80. The van der Waals surface area contributed by atoms with Crippen LogP contribution >= 0.6 is 0 Å². The van der Waals surface area contributed by atoms with Crippen molar-refractivity contribution in [3.05, 3.63) is 77.0 Å². The number of anilines is 1. The van der Waals surface area contributed by atoms with Crippen molar-refractivity contribution in [2.24, 2.45) is 4.99 Å². The molecule has 0 amide bonds. The van der Waals surface area contributed by atoms with Crippen LogP contribution in [0, 0.1) is 6.92 Å². The van der Waals surface area contributed by atoms with E-state index in [-0.39, 0.29) is 6.17 Å². The van der Waals surface area contributed by atoms with E-state index >= 15 is 0 Å². The molecule has 3 N–H and O–H groups in total. The Kier molecular flexibility index (Phi) is 5.74. The third kappa shape index (κ3) is 4.33. The lowest BCUT2D eigenvalue weighted by Crippen LogP contribution is -2.31. The van der Waals surface area contributed by atoms with E-state index < -0.39 is 0 Å². The number of nitrogens with one attached hydrogen (secondary N) is 3. The van der Waals surface area contributed by atoms with Crippen molar-refractivity contribution >= 4 is 11.5 Å². The summed E-state index contributed by atoms with van der Waals surface area (Å²) in [5.74, 6) is 0.905. The van der Waals surface area contributed by atoms with Crippen molar-refractivity contribution in [1.82, 2.24) is 10.6 Å². The van der Waals surface area contributed by atoms with E-state index in [0.29, 0.717) is 6.04 Å². The maximum absolute atomic E-state index is 4.95. The number of aliphatic imine (C=N–C) groups is 1.